The van der Waals surface area contributed by atoms with Crippen LogP contribution in [0, 0.1) is 0 Å². The van der Waals surface area contributed by atoms with Crippen LogP contribution >= 0.6 is 0 Å². The van der Waals surface area contributed by atoms with Gasteiger partial charge in [0.2, 0.25) is 0 Å². The second-order valence-corrected chi connectivity index (χ2v) is 5.45. The molecule has 3 rings (SSSR count). The van der Waals surface area contributed by atoms with E-state index in [1.54, 1.807) is 48.5 Å². The van der Waals surface area contributed by atoms with Gasteiger partial charge in [0.05, 0.1) is 5.56 Å². The highest BCUT2D eigenvalue weighted by atomic mass is 16.5. The molecule has 3 aromatic carbocycles. The van der Waals surface area contributed by atoms with Crippen LogP contribution in [-0.4, -0.2) is 11.9 Å². The Labute approximate surface area is 146 Å². The number of esters is 1. The molecule has 0 saturated carbocycles. The average Bonchev–Trinajstić information content (AvgIpc) is 2.68. The number of hydrogen-bond donors (Lipinski definition) is 1. The SMILES string of the molecule is O=C(NCc1ccccc1)c1cccc(OC(=O)c2ccccc2)c1. The molecule has 1 N–H and O–H groups in total. The first-order chi connectivity index (χ1) is 12.2. The van der Waals surface area contributed by atoms with Crippen LogP contribution in [-0.2, 0) is 6.54 Å². The van der Waals surface area contributed by atoms with Crippen molar-refractivity contribution in [1.82, 2.24) is 5.32 Å². The predicted octanol–water partition coefficient (Wildman–Crippen LogP) is 3.84. The lowest BCUT2D eigenvalue weighted by molar-refractivity contribution is 0.0733. The maximum absolute atomic E-state index is 12.3. The van der Waals surface area contributed by atoms with Crippen LogP contribution in [0.1, 0.15) is 26.3 Å². The molecule has 1 amide bonds. The first-order valence-corrected chi connectivity index (χ1v) is 7.92. The van der Waals surface area contributed by atoms with Crippen LogP contribution in [0.15, 0.2) is 84.9 Å². The fourth-order valence-corrected chi connectivity index (χ4v) is 2.32. The number of hydrogen-bond acceptors (Lipinski definition) is 3. The molecule has 0 saturated heterocycles. The van der Waals surface area contributed by atoms with E-state index in [9.17, 15) is 9.59 Å². The van der Waals surface area contributed by atoms with E-state index in [2.05, 4.69) is 5.32 Å². The molecule has 0 spiro atoms. The van der Waals surface area contributed by atoms with Crippen LogP contribution in [0.4, 0.5) is 0 Å². The van der Waals surface area contributed by atoms with Gasteiger partial charge in [-0.2, -0.15) is 0 Å². The van der Waals surface area contributed by atoms with Gasteiger partial charge in [-0.25, -0.2) is 4.79 Å². The molecule has 25 heavy (non-hydrogen) atoms. The molecule has 124 valence electrons. The Balaban J connectivity index is 1.64. The second kappa shape index (κ2) is 7.93. The standard InChI is InChI=1S/C21H17NO3/c23-20(22-15-16-8-3-1-4-9-16)18-12-7-13-19(14-18)25-21(24)17-10-5-2-6-11-17/h1-14H,15H2,(H,22,23). The van der Waals surface area contributed by atoms with Gasteiger partial charge in [-0.05, 0) is 35.9 Å². The highest BCUT2D eigenvalue weighted by Gasteiger charge is 2.10. The van der Waals surface area contributed by atoms with Crippen molar-refractivity contribution >= 4 is 11.9 Å². The Kier molecular flexibility index (Phi) is 5.22. The normalized spacial score (nSPS) is 10.1. The second-order valence-electron chi connectivity index (χ2n) is 5.45. The summed E-state index contributed by atoms with van der Waals surface area (Å²) in [4.78, 5) is 24.4. The maximum Gasteiger partial charge on any atom is 0.343 e. The van der Waals surface area contributed by atoms with Gasteiger partial charge in [-0.1, -0.05) is 54.6 Å². The van der Waals surface area contributed by atoms with Crippen molar-refractivity contribution in [2.24, 2.45) is 0 Å². The van der Waals surface area contributed by atoms with Gasteiger partial charge in [-0.3, -0.25) is 4.79 Å². The summed E-state index contributed by atoms with van der Waals surface area (Å²) >= 11 is 0. The molecule has 0 bridgehead atoms. The topological polar surface area (TPSA) is 55.4 Å². The Morgan fingerprint density at radius 3 is 2.12 bits per heavy atom. The van der Waals surface area contributed by atoms with Crippen molar-refractivity contribution in [3.05, 3.63) is 102 Å². The van der Waals surface area contributed by atoms with Gasteiger partial charge >= 0.3 is 5.97 Å². The lowest BCUT2D eigenvalue weighted by atomic mass is 10.2. The summed E-state index contributed by atoms with van der Waals surface area (Å²) in [6.45, 7) is 0.438. The van der Waals surface area contributed by atoms with Crippen molar-refractivity contribution in [3.8, 4) is 5.75 Å². The minimum Gasteiger partial charge on any atom is -0.423 e. The number of benzene rings is 3. The van der Waals surface area contributed by atoms with Crippen molar-refractivity contribution in [1.29, 1.82) is 0 Å². The van der Waals surface area contributed by atoms with Crippen molar-refractivity contribution in [2.75, 3.05) is 0 Å². The summed E-state index contributed by atoms with van der Waals surface area (Å²) in [5.41, 5.74) is 1.92. The summed E-state index contributed by atoms with van der Waals surface area (Å²) in [7, 11) is 0. The summed E-state index contributed by atoms with van der Waals surface area (Å²) in [5.74, 6) is -0.342. The smallest absolute Gasteiger partial charge is 0.343 e. The van der Waals surface area contributed by atoms with Gasteiger partial charge in [0.25, 0.3) is 5.91 Å². The van der Waals surface area contributed by atoms with Gasteiger partial charge in [-0.15, -0.1) is 0 Å². The van der Waals surface area contributed by atoms with Gasteiger partial charge in [0.1, 0.15) is 5.75 Å². The predicted molar refractivity (Wildman–Crippen MR) is 95.5 cm³/mol. The summed E-state index contributed by atoms with van der Waals surface area (Å²) < 4.78 is 5.34. The minimum atomic E-state index is -0.456. The molecule has 0 fully saturated rings. The summed E-state index contributed by atoms with van der Waals surface area (Å²) in [5, 5.41) is 2.85. The lowest BCUT2D eigenvalue weighted by Crippen LogP contribution is -2.22. The van der Waals surface area contributed by atoms with E-state index in [1.807, 2.05) is 36.4 Å². The highest BCUT2D eigenvalue weighted by molar-refractivity contribution is 5.95. The fraction of sp³-hybridized carbons (Fsp3) is 0.0476. The molecule has 0 aromatic heterocycles. The van der Waals surface area contributed by atoms with Gasteiger partial charge in [0, 0.05) is 12.1 Å². The Bertz CT molecular complexity index is 861. The zero-order valence-electron chi connectivity index (χ0n) is 13.5. The third kappa shape index (κ3) is 4.54. The number of amides is 1. The van der Waals surface area contributed by atoms with Crippen LogP contribution < -0.4 is 10.1 Å². The van der Waals surface area contributed by atoms with E-state index in [-0.39, 0.29) is 5.91 Å². The van der Waals surface area contributed by atoms with Crippen LogP contribution in [0.5, 0.6) is 5.75 Å². The van der Waals surface area contributed by atoms with Crippen molar-refractivity contribution in [2.45, 2.75) is 6.54 Å². The van der Waals surface area contributed by atoms with E-state index in [1.165, 1.54) is 0 Å². The Morgan fingerprint density at radius 2 is 1.40 bits per heavy atom. The molecular weight excluding hydrogens is 314 g/mol. The van der Waals surface area contributed by atoms with Crippen molar-refractivity contribution < 1.29 is 14.3 Å². The summed E-state index contributed by atoms with van der Waals surface area (Å²) in [6, 6.07) is 24.9. The number of nitrogens with one attached hydrogen (secondary N) is 1. The zero-order valence-corrected chi connectivity index (χ0v) is 13.5. The third-order valence-corrected chi connectivity index (χ3v) is 3.61. The first-order valence-electron chi connectivity index (χ1n) is 7.92. The molecule has 0 aliphatic rings. The fourth-order valence-electron chi connectivity index (χ4n) is 2.32. The van der Waals surface area contributed by atoms with E-state index >= 15 is 0 Å². The summed E-state index contributed by atoms with van der Waals surface area (Å²) in [6.07, 6.45) is 0. The monoisotopic (exact) mass is 331 g/mol. The van der Waals surface area contributed by atoms with Crippen molar-refractivity contribution in [3.63, 3.8) is 0 Å². The molecule has 0 radical (unpaired) electrons. The molecular formula is C21H17NO3. The minimum absolute atomic E-state index is 0.221. The molecule has 0 aliphatic carbocycles. The molecule has 0 atom stereocenters. The lowest BCUT2D eigenvalue weighted by Gasteiger charge is -2.08. The molecule has 0 heterocycles. The van der Waals surface area contributed by atoms with Gasteiger partial charge in [0.15, 0.2) is 0 Å². The number of carbonyl (C=O) groups excluding carboxylic acids is 2. The van der Waals surface area contributed by atoms with Gasteiger partial charge < -0.3 is 10.1 Å². The zero-order chi connectivity index (χ0) is 17.5. The maximum atomic E-state index is 12.3. The van der Waals surface area contributed by atoms with E-state index in [0.717, 1.165) is 5.56 Å². The molecule has 0 aliphatic heterocycles. The highest BCUT2D eigenvalue weighted by Crippen LogP contribution is 2.15. The molecule has 4 nitrogen and oxygen atoms in total. The van der Waals surface area contributed by atoms with Crippen LogP contribution in [0.3, 0.4) is 0 Å². The Morgan fingerprint density at radius 1 is 0.760 bits per heavy atom. The number of rotatable bonds is 5. The van der Waals surface area contributed by atoms with E-state index < -0.39 is 5.97 Å². The third-order valence-electron chi connectivity index (χ3n) is 3.61. The number of ether oxygens (including phenoxy) is 1. The number of carbonyl (C=O) groups is 2. The van der Waals surface area contributed by atoms with E-state index in [4.69, 9.17) is 4.74 Å². The van der Waals surface area contributed by atoms with Crippen LogP contribution in [0.25, 0.3) is 0 Å². The molecule has 3 aromatic rings. The molecule has 4 heteroatoms. The molecule has 0 unspecified atom stereocenters. The quantitative estimate of drug-likeness (QED) is 0.571. The Hall–Kier alpha value is -3.40. The van der Waals surface area contributed by atoms with E-state index in [0.29, 0.717) is 23.4 Å². The largest absolute Gasteiger partial charge is 0.423 e. The van der Waals surface area contributed by atoms with Crippen LogP contribution in [0.2, 0.25) is 0 Å². The first kappa shape index (κ1) is 16.5. The average molecular weight is 331 g/mol.